The van der Waals surface area contributed by atoms with Crippen molar-refractivity contribution in [2.75, 3.05) is 5.32 Å². The van der Waals surface area contributed by atoms with Crippen molar-refractivity contribution in [3.63, 3.8) is 0 Å². The molecule has 1 aromatic heterocycles. The van der Waals surface area contributed by atoms with Gasteiger partial charge in [-0.25, -0.2) is 9.97 Å². The fourth-order valence-electron chi connectivity index (χ4n) is 4.21. The Morgan fingerprint density at radius 2 is 1.26 bits per heavy atom. The van der Waals surface area contributed by atoms with Gasteiger partial charge < -0.3 is 5.32 Å². The molecule has 0 bridgehead atoms. The molecule has 0 saturated carbocycles. The molecule has 0 unspecified atom stereocenters. The summed E-state index contributed by atoms with van der Waals surface area (Å²) in [5.41, 5.74) is 9.35. The summed E-state index contributed by atoms with van der Waals surface area (Å²) in [5.74, 6) is 0.697. The summed E-state index contributed by atoms with van der Waals surface area (Å²) >= 11 is 0. The van der Waals surface area contributed by atoms with Crippen LogP contribution in [0.3, 0.4) is 0 Å². The zero-order valence-electron chi connectivity index (χ0n) is 19.1. The number of aromatic nitrogens is 2. The molecule has 0 aliphatic heterocycles. The van der Waals surface area contributed by atoms with E-state index in [-0.39, 0.29) is 0 Å². The van der Waals surface area contributed by atoms with E-state index in [1.54, 1.807) is 6.20 Å². The normalized spacial score (nSPS) is 10.6. The summed E-state index contributed by atoms with van der Waals surface area (Å²) in [6.07, 6.45) is 3.65. The van der Waals surface area contributed by atoms with Gasteiger partial charge >= 0.3 is 0 Å². The Kier molecular flexibility index (Phi) is 6.00. The lowest BCUT2D eigenvalue weighted by molar-refractivity contribution is 1.18. The number of nitrogens with zero attached hydrogens (tertiary/aromatic N) is 2. The summed E-state index contributed by atoms with van der Waals surface area (Å²) < 4.78 is 0. The Hall–Kier alpha value is -4.50. The highest BCUT2D eigenvalue weighted by Crippen LogP contribution is 2.40. The van der Waals surface area contributed by atoms with Crippen molar-refractivity contribution >= 4 is 5.69 Å². The van der Waals surface area contributed by atoms with Crippen LogP contribution in [0, 0.1) is 6.92 Å². The number of hydrogen-bond acceptors (Lipinski definition) is 3. The van der Waals surface area contributed by atoms with Gasteiger partial charge in [-0.2, -0.15) is 0 Å². The molecule has 0 aliphatic carbocycles. The smallest absolute Gasteiger partial charge is 0.159 e. The van der Waals surface area contributed by atoms with Crippen molar-refractivity contribution < 1.29 is 0 Å². The van der Waals surface area contributed by atoms with Crippen LogP contribution in [0.5, 0.6) is 0 Å². The highest BCUT2D eigenvalue weighted by atomic mass is 14.9. The molecule has 0 saturated heterocycles. The van der Waals surface area contributed by atoms with Gasteiger partial charge in [0.25, 0.3) is 0 Å². The molecule has 1 heterocycles. The van der Waals surface area contributed by atoms with E-state index in [4.69, 9.17) is 9.97 Å². The highest BCUT2D eigenvalue weighted by molar-refractivity contribution is 5.91. The number of benzene rings is 4. The second-order valence-corrected chi connectivity index (χ2v) is 8.12. The van der Waals surface area contributed by atoms with Crippen molar-refractivity contribution in [2.24, 2.45) is 0 Å². The largest absolute Gasteiger partial charge is 0.362 e. The van der Waals surface area contributed by atoms with Crippen molar-refractivity contribution in [1.82, 2.24) is 9.97 Å². The zero-order valence-corrected chi connectivity index (χ0v) is 19.1. The SMILES string of the molecule is C=CNc1c(C)cc(-c2ccccc2)cc1-c1nc(-c2ccccc2)ncc1-c1ccccc1. The van der Waals surface area contributed by atoms with E-state index in [1.165, 1.54) is 0 Å². The lowest BCUT2D eigenvalue weighted by atomic mass is 9.93. The third-order valence-corrected chi connectivity index (χ3v) is 5.85. The van der Waals surface area contributed by atoms with Gasteiger partial charge in [0.2, 0.25) is 0 Å². The molecule has 0 radical (unpaired) electrons. The first kappa shape index (κ1) is 21.4. The average Bonchev–Trinajstić information content (AvgIpc) is 2.91. The summed E-state index contributed by atoms with van der Waals surface area (Å²) in [4.78, 5) is 9.86. The summed E-state index contributed by atoms with van der Waals surface area (Å²) in [5, 5.41) is 3.36. The standard InChI is InChI=1S/C31H25N3/c1-3-32-29-22(2)19-26(23-13-7-4-8-14-23)20-27(29)30-28(24-15-9-5-10-16-24)21-33-31(34-30)25-17-11-6-12-18-25/h3-21,32H,1H2,2H3. The van der Waals surface area contributed by atoms with Gasteiger partial charge in [0, 0.05) is 22.9 Å². The molecule has 1 N–H and O–H groups in total. The highest BCUT2D eigenvalue weighted by Gasteiger charge is 2.18. The second kappa shape index (κ2) is 9.55. The van der Waals surface area contributed by atoms with Crippen LogP contribution >= 0.6 is 0 Å². The lowest BCUT2D eigenvalue weighted by Gasteiger charge is -2.18. The summed E-state index contributed by atoms with van der Waals surface area (Å²) in [6, 6.07) is 35.2. The minimum atomic E-state index is 0.697. The Bertz CT molecular complexity index is 1430. The van der Waals surface area contributed by atoms with E-state index in [0.29, 0.717) is 5.82 Å². The molecule has 0 amide bonds. The van der Waals surface area contributed by atoms with Gasteiger partial charge in [0.1, 0.15) is 0 Å². The van der Waals surface area contributed by atoms with Crippen LogP contribution in [0.25, 0.3) is 44.9 Å². The Balaban J connectivity index is 1.80. The van der Waals surface area contributed by atoms with Gasteiger partial charge in [-0.05, 0) is 47.5 Å². The fraction of sp³-hybridized carbons (Fsp3) is 0.0323. The number of nitrogens with one attached hydrogen (secondary N) is 1. The van der Waals surface area contributed by atoms with Gasteiger partial charge in [0.15, 0.2) is 5.82 Å². The monoisotopic (exact) mass is 439 g/mol. The summed E-state index contributed by atoms with van der Waals surface area (Å²) in [6.45, 7) is 6.03. The number of anilines is 1. The Labute approximate surface area is 200 Å². The van der Waals surface area contributed by atoms with E-state index in [0.717, 1.165) is 50.3 Å². The molecule has 0 atom stereocenters. The van der Waals surface area contributed by atoms with Gasteiger partial charge in [-0.3, -0.25) is 0 Å². The van der Waals surface area contributed by atoms with Crippen LogP contribution in [-0.4, -0.2) is 9.97 Å². The maximum atomic E-state index is 5.12. The van der Waals surface area contributed by atoms with Crippen molar-refractivity contribution in [2.45, 2.75) is 6.92 Å². The number of aryl methyl sites for hydroxylation is 1. The van der Waals surface area contributed by atoms with Gasteiger partial charge in [-0.1, -0.05) is 97.6 Å². The van der Waals surface area contributed by atoms with Crippen LogP contribution in [0.1, 0.15) is 5.56 Å². The molecular weight excluding hydrogens is 414 g/mol. The molecular formula is C31H25N3. The molecule has 3 nitrogen and oxygen atoms in total. The molecule has 164 valence electrons. The summed E-state index contributed by atoms with van der Waals surface area (Å²) in [7, 11) is 0. The number of rotatable bonds is 6. The van der Waals surface area contributed by atoms with Gasteiger partial charge in [-0.15, -0.1) is 0 Å². The van der Waals surface area contributed by atoms with E-state index >= 15 is 0 Å². The first-order chi connectivity index (χ1) is 16.7. The van der Waals surface area contributed by atoms with Crippen molar-refractivity contribution in [3.8, 4) is 44.9 Å². The fourth-order valence-corrected chi connectivity index (χ4v) is 4.21. The molecule has 0 aliphatic rings. The topological polar surface area (TPSA) is 37.8 Å². The third-order valence-electron chi connectivity index (χ3n) is 5.85. The van der Waals surface area contributed by atoms with Crippen LogP contribution in [-0.2, 0) is 0 Å². The van der Waals surface area contributed by atoms with E-state index in [1.807, 2.05) is 60.8 Å². The molecule has 3 heteroatoms. The average molecular weight is 440 g/mol. The quantitative estimate of drug-likeness (QED) is 0.291. The van der Waals surface area contributed by atoms with Gasteiger partial charge in [0.05, 0.1) is 11.4 Å². The Morgan fingerprint density at radius 1 is 0.676 bits per heavy atom. The van der Waals surface area contributed by atoms with Crippen LogP contribution in [0.15, 0.2) is 122 Å². The van der Waals surface area contributed by atoms with E-state index < -0.39 is 0 Å². The van der Waals surface area contributed by atoms with E-state index in [9.17, 15) is 0 Å². The predicted molar refractivity (Wildman–Crippen MR) is 142 cm³/mol. The van der Waals surface area contributed by atoms with Crippen LogP contribution in [0.2, 0.25) is 0 Å². The molecule has 34 heavy (non-hydrogen) atoms. The van der Waals surface area contributed by atoms with Crippen LogP contribution in [0.4, 0.5) is 5.69 Å². The minimum absolute atomic E-state index is 0.697. The molecule has 5 aromatic rings. The second-order valence-electron chi connectivity index (χ2n) is 8.12. The molecule has 0 fully saturated rings. The van der Waals surface area contributed by atoms with Crippen LogP contribution < -0.4 is 5.32 Å². The maximum Gasteiger partial charge on any atom is 0.159 e. The van der Waals surface area contributed by atoms with Crippen molar-refractivity contribution in [1.29, 1.82) is 0 Å². The lowest BCUT2D eigenvalue weighted by Crippen LogP contribution is -2.01. The third kappa shape index (κ3) is 4.24. The maximum absolute atomic E-state index is 5.12. The first-order valence-electron chi connectivity index (χ1n) is 11.3. The number of hydrogen-bond donors (Lipinski definition) is 1. The van der Waals surface area contributed by atoms with E-state index in [2.05, 4.69) is 67.4 Å². The molecule has 4 aromatic carbocycles. The Morgan fingerprint density at radius 3 is 1.88 bits per heavy atom. The first-order valence-corrected chi connectivity index (χ1v) is 11.3. The molecule has 5 rings (SSSR count). The predicted octanol–water partition coefficient (Wildman–Crippen LogP) is 8.01. The zero-order chi connectivity index (χ0) is 23.3. The van der Waals surface area contributed by atoms with Crippen molar-refractivity contribution in [3.05, 3.63) is 128 Å². The molecule has 0 spiro atoms. The minimum Gasteiger partial charge on any atom is -0.362 e.